The molecule has 0 aliphatic carbocycles. The second kappa shape index (κ2) is 12.7. The van der Waals surface area contributed by atoms with Crippen LogP contribution >= 0.6 is 11.8 Å². The molecular formula is C23H29N3O5S. The van der Waals surface area contributed by atoms with Gasteiger partial charge in [0.15, 0.2) is 0 Å². The van der Waals surface area contributed by atoms with Crippen molar-refractivity contribution >= 4 is 29.3 Å². The number of ether oxygens (including phenoxy) is 1. The van der Waals surface area contributed by atoms with Crippen LogP contribution in [0.1, 0.15) is 31.4 Å². The van der Waals surface area contributed by atoms with Crippen LogP contribution in [0.5, 0.6) is 5.75 Å². The van der Waals surface area contributed by atoms with Crippen molar-refractivity contribution < 1.29 is 19.2 Å². The lowest BCUT2D eigenvalue weighted by Gasteiger charge is -2.30. The molecule has 0 heterocycles. The number of nitrogens with one attached hydrogen (secondary N) is 1. The van der Waals surface area contributed by atoms with Gasteiger partial charge in [0, 0.05) is 31.0 Å². The number of likely N-dealkylation sites (N-methyl/N-ethyl adjacent to an activating group) is 1. The number of nitro benzene ring substituents is 1. The smallest absolute Gasteiger partial charge is 0.269 e. The fraction of sp³-hybridized carbons (Fsp3) is 0.391. The Balaban J connectivity index is 2.11. The van der Waals surface area contributed by atoms with E-state index in [0.29, 0.717) is 31.0 Å². The highest BCUT2D eigenvalue weighted by atomic mass is 32.2. The van der Waals surface area contributed by atoms with Gasteiger partial charge in [0.05, 0.1) is 17.8 Å². The lowest BCUT2D eigenvalue weighted by molar-refractivity contribution is -0.384. The van der Waals surface area contributed by atoms with E-state index < -0.39 is 11.0 Å². The average molecular weight is 460 g/mol. The van der Waals surface area contributed by atoms with Crippen LogP contribution < -0.4 is 10.1 Å². The first-order chi connectivity index (χ1) is 15.4. The molecule has 2 rings (SSSR count). The molecule has 2 aromatic carbocycles. The molecule has 0 aromatic heterocycles. The van der Waals surface area contributed by atoms with E-state index >= 15 is 0 Å². The first-order valence-corrected chi connectivity index (χ1v) is 11.6. The van der Waals surface area contributed by atoms with Gasteiger partial charge in [-0.2, -0.15) is 0 Å². The molecule has 0 saturated heterocycles. The van der Waals surface area contributed by atoms with Gasteiger partial charge in [0.1, 0.15) is 11.8 Å². The minimum atomic E-state index is -0.575. The largest absolute Gasteiger partial charge is 0.497 e. The van der Waals surface area contributed by atoms with E-state index in [-0.39, 0.29) is 23.3 Å². The van der Waals surface area contributed by atoms with Gasteiger partial charge in [-0.25, -0.2) is 0 Å². The molecule has 0 radical (unpaired) electrons. The number of nitrogens with zero attached hydrogens (tertiary/aromatic N) is 2. The van der Waals surface area contributed by atoms with E-state index in [4.69, 9.17) is 4.74 Å². The van der Waals surface area contributed by atoms with Gasteiger partial charge in [-0.1, -0.05) is 31.2 Å². The zero-order chi connectivity index (χ0) is 23.5. The number of benzene rings is 2. The summed E-state index contributed by atoms with van der Waals surface area (Å²) in [5.41, 5.74) is 1.80. The molecule has 172 valence electrons. The number of non-ortho nitro benzene ring substituents is 1. The van der Waals surface area contributed by atoms with Crippen LogP contribution in [0.25, 0.3) is 0 Å². The van der Waals surface area contributed by atoms with Gasteiger partial charge in [-0.05, 0) is 36.6 Å². The van der Waals surface area contributed by atoms with Crippen molar-refractivity contribution in [2.45, 2.75) is 38.6 Å². The third-order valence-corrected chi connectivity index (χ3v) is 5.85. The van der Waals surface area contributed by atoms with E-state index in [1.807, 2.05) is 38.1 Å². The van der Waals surface area contributed by atoms with Crippen molar-refractivity contribution in [1.29, 1.82) is 0 Å². The molecule has 32 heavy (non-hydrogen) atoms. The number of nitro groups is 1. The highest BCUT2D eigenvalue weighted by Gasteiger charge is 2.28. The third-order valence-electron chi connectivity index (χ3n) is 4.87. The second-order valence-electron chi connectivity index (χ2n) is 7.11. The Morgan fingerprint density at radius 2 is 1.88 bits per heavy atom. The van der Waals surface area contributed by atoms with E-state index in [9.17, 15) is 19.7 Å². The normalized spacial score (nSPS) is 11.5. The number of amides is 2. The van der Waals surface area contributed by atoms with Crippen LogP contribution in [0, 0.1) is 10.1 Å². The van der Waals surface area contributed by atoms with Crippen molar-refractivity contribution in [3.63, 3.8) is 0 Å². The third kappa shape index (κ3) is 7.26. The molecule has 1 atom stereocenters. The van der Waals surface area contributed by atoms with Crippen LogP contribution in [0.4, 0.5) is 5.69 Å². The molecule has 1 N–H and O–H groups in total. The van der Waals surface area contributed by atoms with E-state index in [0.717, 1.165) is 11.1 Å². The standard InChI is InChI=1S/C23H29N3O5S/c1-4-21(23(28)24-5-2)25(14-18-7-6-8-20(13-18)31-3)22(27)16-32-15-17-9-11-19(12-10-17)26(29)30/h6-13,21H,4-5,14-16H2,1-3H3,(H,24,28)/t21-/m0/s1. The Morgan fingerprint density at radius 1 is 1.16 bits per heavy atom. The number of carbonyl (C=O) groups excluding carboxylic acids is 2. The summed E-state index contributed by atoms with van der Waals surface area (Å²) in [5, 5.41) is 13.6. The maximum absolute atomic E-state index is 13.1. The number of rotatable bonds is 12. The lowest BCUT2D eigenvalue weighted by atomic mass is 10.1. The Kier molecular flexibility index (Phi) is 10.0. The fourth-order valence-electron chi connectivity index (χ4n) is 3.23. The Morgan fingerprint density at radius 3 is 2.47 bits per heavy atom. The van der Waals surface area contributed by atoms with Gasteiger partial charge in [-0.3, -0.25) is 19.7 Å². The highest BCUT2D eigenvalue weighted by Crippen LogP contribution is 2.20. The van der Waals surface area contributed by atoms with Crippen molar-refractivity contribution in [3.05, 3.63) is 69.8 Å². The van der Waals surface area contributed by atoms with Gasteiger partial charge in [0.25, 0.3) is 5.69 Å². The van der Waals surface area contributed by atoms with Crippen LogP contribution in [-0.4, -0.2) is 47.1 Å². The van der Waals surface area contributed by atoms with Gasteiger partial charge < -0.3 is 15.0 Å². The van der Waals surface area contributed by atoms with Crippen LogP contribution in [-0.2, 0) is 21.9 Å². The molecule has 8 nitrogen and oxygen atoms in total. The van der Waals surface area contributed by atoms with Gasteiger partial charge in [0.2, 0.25) is 11.8 Å². The summed E-state index contributed by atoms with van der Waals surface area (Å²) in [6, 6.07) is 13.1. The Bertz CT molecular complexity index is 920. The molecule has 0 saturated carbocycles. The number of hydrogen-bond acceptors (Lipinski definition) is 6. The van der Waals surface area contributed by atoms with Gasteiger partial charge >= 0.3 is 0 Å². The molecule has 2 amide bonds. The monoisotopic (exact) mass is 459 g/mol. The lowest BCUT2D eigenvalue weighted by Crippen LogP contribution is -2.49. The zero-order valence-corrected chi connectivity index (χ0v) is 19.4. The molecule has 0 bridgehead atoms. The van der Waals surface area contributed by atoms with Crippen molar-refractivity contribution in [2.24, 2.45) is 0 Å². The summed E-state index contributed by atoms with van der Waals surface area (Å²) in [6.07, 6.45) is 0.495. The minimum absolute atomic E-state index is 0.0343. The molecular weight excluding hydrogens is 430 g/mol. The SMILES string of the molecule is CCNC(=O)[C@H](CC)N(Cc1cccc(OC)c1)C(=O)CSCc1ccc([N+](=O)[O-])cc1. The van der Waals surface area contributed by atoms with Crippen LogP contribution in [0.15, 0.2) is 48.5 Å². The van der Waals surface area contributed by atoms with Crippen LogP contribution in [0.3, 0.4) is 0 Å². The predicted molar refractivity (Wildman–Crippen MR) is 126 cm³/mol. The minimum Gasteiger partial charge on any atom is -0.497 e. The summed E-state index contributed by atoms with van der Waals surface area (Å²) < 4.78 is 5.28. The highest BCUT2D eigenvalue weighted by molar-refractivity contribution is 7.99. The van der Waals surface area contributed by atoms with E-state index in [1.54, 1.807) is 24.1 Å². The van der Waals surface area contributed by atoms with Crippen molar-refractivity contribution in [3.8, 4) is 5.75 Å². The molecule has 2 aromatic rings. The molecule has 0 spiro atoms. The second-order valence-corrected chi connectivity index (χ2v) is 8.09. The maximum Gasteiger partial charge on any atom is 0.269 e. The number of methoxy groups -OCH3 is 1. The topological polar surface area (TPSA) is 102 Å². The Labute approximate surface area is 192 Å². The fourth-order valence-corrected chi connectivity index (χ4v) is 4.10. The summed E-state index contributed by atoms with van der Waals surface area (Å²) in [4.78, 5) is 37.7. The number of hydrogen-bond donors (Lipinski definition) is 1. The molecule has 0 aliphatic rings. The summed E-state index contributed by atoms with van der Waals surface area (Å²) in [7, 11) is 1.58. The Hall–Kier alpha value is -3.07. The molecule has 0 aliphatic heterocycles. The summed E-state index contributed by atoms with van der Waals surface area (Å²) in [5.74, 6) is 1.10. The zero-order valence-electron chi connectivity index (χ0n) is 18.6. The van der Waals surface area contributed by atoms with Crippen molar-refractivity contribution in [1.82, 2.24) is 10.2 Å². The molecule has 0 fully saturated rings. The van der Waals surface area contributed by atoms with Crippen LogP contribution in [0.2, 0.25) is 0 Å². The van der Waals surface area contributed by atoms with Gasteiger partial charge in [-0.15, -0.1) is 11.8 Å². The maximum atomic E-state index is 13.1. The summed E-state index contributed by atoms with van der Waals surface area (Å²) >= 11 is 1.41. The molecule has 0 unspecified atom stereocenters. The van der Waals surface area contributed by atoms with E-state index in [1.165, 1.54) is 23.9 Å². The van der Waals surface area contributed by atoms with E-state index in [2.05, 4.69) is 5.32 Å². The average Bonchev–Trinajstić information content (AvgIpc) is 2.79. The first kappa shape index (κ1) is 25.2. The number of carbonyl (C=O) groups is 2. The first-order valence-electron chi connectivity index (χ1n) is 10.4. The van der Waals surface area contributed by atoms with Crippen molar-refractivity contribution in [2.75, 3.05) is 19.4 Å². The predicted octanol–water partition coefficient (Wildman–Crippen LogP) is 3.78. The quantitative estimate of drug-likeness (QED) is 0.383. The summed E-state index contributed by atoms with van der Waals surface area (Å²) in [6.45, 7) is 4.52. The molecule has 9 heteroatoms. The number of thioether (sulfide) groups is 1.